The number of cyclic esters (lactones) is 1. The van der Waals surface area contributed by atoms with E-state index in [1.165, 1.54) is 70.6 Å². The standard InChI is InChI=1S/C20H37NO3/c1-2-3-4-5-6-7-8-9-10-11-12-13-14-15-19(22)21-18-16-17-24-20(18)23/h18H,2-17H2,1H3,(H,21,22)/t18-/m0/s1. The van der Waals surface area contributed by atoms with Gasteiger partial charge in [-0.2, -0.15) is 0 Å². The van der Waals surface area contributed by atoms with Crippen LogP contribution in [0.2, 0.25) is 0 Å². The van der Waals surface area contributed by atoms with Crippen molar-refractivity contribution in [1.29, 1.82) is 0 Å². The molecule has 0 bridgehead atoms. The maximum Gasteiger partial charge on any atom is 0.328 e. The van der Waals surface area contributed by atoms with Gasteiger partial charge in [0.05, 0.1) is 6.61 Å². The van der Waals surface area contributed by atoms with Gasteiger partial charge in [-0.3, -0.25) is 4.79 Å². The second kappa shape index (κ2) is 14.3. The molecule has 1 heterocycles. The van der Waals surface area contributed by atoms with Crippen molar-refractivity contribution in [3.63, 3.8) is 0 Å². The number of amides is 1. The van der Waals surface area contributed by atoms with E-state index in [0.29, 0.717) is 19.4 Å². The molecular formula is C20H37NO3. The molecule has 1 aliphatic heterocycles. The molecule has 1 saturated heterocycles. The lowest BCUT2D eigenvalue weighted by atomic mass is 10.0. The second-order valence-electron chi connectivity index (χ2n) is 7.07. The van der Waals surface area contributed by atoms with Gasteiger partial charge in [0.1, 0.15) is 6.04 Å². The molecule has 1 atom stereocenters. The lowest BCUT2D eigenvalue weighted by molar-refractivity contribution is -0.141. The van der Waals surface area contributed by atoms with Crippen molar-refractivity contribution in [3.8, 4) is 0 Å². The summed E-state index contributed by atoms with van der Waals surface area (Å²) in [5.41, 5.74) is 0. The van der Waals surface area contributed by atoms with Crippen molar-refractivity contribution in [2.24, 2.45) is 0 Å². The second-order valence-corrected chi connectivity index (χ2v) is 7.07. The van der Waals surface area contributed by atoms with Crippen LogP contribution >= 0.6 is 0 Å². The largest absolute Gasteiger partial charge is 0.464 e. The molecule has 1 N–H and O–H groups in total. The van der Waals surface area contributed by atoms with Crippen LogP contribution in [0.1, 0.15) is 103 Å². The zero-order chi connectivity index (χ0) is 17.5. The third kappa shape index (κ3) is 10.7. The van der Waals surface area contributed by atoms with Crippen LogP contribution in [0.5, 0.6) is 0 Å². The Morgan fingerprint density at radius 2 is 1.42 bits per heavy atom. The molecule has 0 aromatic carbocycles. The minimum absolute atomic E-state index is 0.0121. The Labute approximate surface area is 148 Å². The Kier molecular flexibility index (Phi) is 12.5. The summed E-state index contributed by atoms with van der Waals surface area (Å²) in [6.45, 7) is 2.69. The molecule has 4 heteroatoms. The Hall–Kier alpha value is -1.06. The quantitative estimate of drug-likeness (QED) is 0.341. The highest BCUT2D eigenvalue weighted by Gasteiger charge is 2.27. The van der Waals surface area contributed by atoms with E-state index in [0.717, 1.165) is 12.8 Å². The minimum Gasteiger partial charge on any atom is -0.464 e. The summed E-state index contributed by atoms with van der Waals surface area (Å²) >= 11 is 0. The molecule has 0 saturated carbocycles. The van der Waals surface area contributed by atoms with Crippen LogP contribution in [0.4, 0.5) is 0 Å². The number of nitrogens with one attached hydrogen (secondary N) is 1. The van der Waals surface area contributed by atoms with Crippen LogP contribution in [-0.4, -0.2) is 24.5 Å². The van der Waals surface area contributed by atoms with Gasteiger partial charge < -0.3 is 10.1 Å². The van der Waals surface area contributed by atoms with Crippen LogP contribution < -0.4 is 5.32 Å². The maximum atomic E-state index is 11.7. The normalized spacial score (nSPS) is 17.0. The predicted molar refractivity (Wildman–Crippen MR) is 97.8 cm³/mol. The summed E-state index contributed by atoms with van der Waals surface area (Å²) in [4.78, 5) is 23.0. The molecule has 1 amide bonds. The zero-order valence-corrected chi connectivity index (χ0v) is 15.6. The predicted octanol–water partition coefficient (Wildman–Crippen LogP) is 4.90. The van der Waals surface area contributed by atoms with Crippen LogP contribution in [-0.2, 0) is 14.3 Å². The number of unbranched alkanes of at least 4 members (excludes halogenated alkanes) is 12. The summed E-state index contributed by atoms with van der Waals surface area (Å²) in [5, 5.41) is 2.76. The number of rotatable bonds is 15. The van der Waals surface area contributed by atoms with Crippen LogP contribution in [0.15, 0.2) is 0 Å². The number of hydrogen-bond acceptors (Lipinski definition) is 3. The molecule has 0 radical (unpaired) electrons. The van der Waals surface area contributed by atoms with Crippen molar-refractivity contribution in [2.45, 2.75) is 109 Å². The molecule has 1 fully saturated rings. The molecule has 0 aromatic rings. The third-order valence-corrected chi connectivity index (χ3v) is 4.78. The average Bonchev–Trinajstić information content (AvgIpc) is 2.97. The highest BCUT2D eigenvalue weighted by molar-refractivity contribution is 5.85. The molecule has 0 aromatic heterocycles. The third-order valence-electron chi connectivity index (χ3n) is 4.78. The summed E-state index contributed by atoms with van der Waals surface area (Å²) in [7, 11) is 0. The number of carbonyl (C=O) groups is 2. The SMILES string of the molecule is CCCCCCCCCCCCCCCC(=O)N[C@H]1CCOC1=O. The van der Waals surface area contributed by atoms with E-state index in [1.54, 1.807) is 0 Å². The molecule has 1 rings (SSSR count). The van der Waals surface area contributed by atoms with E-state index < -0.39 is 6.04 Å². The Morgan fingerprint density at radius 3 is 1.88 bits per heavy atom. The smallest absolute Gasteiger partial charge is 0.328 e. The van der Waals surface area contributed by atoms with Crippen LogP contribution in [0.3, 0.4) is 0 Å². The topological polar surface area (TPSA) is 55.4 Å². The van der Waals surface area contributed by atoms with Crippen molar-refractivity contribution in [3.05, 3.63) is 0 Å². The van der Waals surface area contributed by atoms with Gasteiger partial charge in [0.2, 0.25) is 5.91 Å². The fraction of sp³-hybridized carbons (Fsp3) is 0.900. The number of esters is 1. The Bertz CT molecular complexity index is 344. The zero-order valence-electron chi connectivity index (χ0n) is 15.6. The number of hydrogen-bond donors (Lipinski definition) is 1. The number of ether oxygens (including phenoxy) is 1. The van der Waals surface area contributed by atoms with Crippen LogP contribution in [0.25, 0.3) is 0 Å². The molecule has 0 aliphatic carbocycles. The fourth-order valence-corrected chi connectivity index (χ4v) is 3.20. The van der Waals surface area contributed by atoms with Gasteiger partial charge in [-0.05, 0) is 6.42 Å². The van der Waals surface area contributed by atoms with Gasteiger partial charge in [-0.15, -0.1) is 0 Å². The van der Waals surface area contributed by atoms with Crippen molar-refractivity contribution >= 4 is 11.9 Å². The van der Waals surface area contributed by atoms with Crippen LogP contribution in [0, 0.1) is 0 Å². The van der Waals surface area contributed by atoms with E-state index in [1.807, 2.05) is 0 Å². The lowest BCUT2D eigenvalue weighted by Crippen LogP contribution is -2.37. The van der Waals surface area contributed by atoms with E-state index in [-0.39, 0.29) is 11.9 Å². The molecule has 0 spiro atoms. The summed E-state index contributed by atoms with van der Waals surface area (Å²) in [6, 6.07) is -0.403. The summed E-state index contributed by atoms with van der Waals surface area (Å²) in [5.74, 6) is -0.296. The molecule has 0 unspecified atom stereocenters. The van der Waals surface area contributed by atoms with E-state index in [2.05, 4.69) is 12.2 Å². The van der Waals surface area contributed by atoms with Crippen molar-refractivity contribution in [1.82, 2.24) is 5.32 Å². The average molecular weight is 340 g/mol. The first-order valence-corrected chi connectivity index (χ1v) is 10.2. The fourth-order valence-electron chi connectivity index (χ4n) is 3.20. The first-order chi connectivity index (χ1) is 11.7. The molecule has 4 nitrogen and oxygen atoms in total. The molecule has 1 aliphatic rings. The molecule has 140 valence electrons. The van der Waals surface area contributed by atoms with E-state index in [9.17, 15) is 9.59 Å². The maximum absolute atomic E-state index is 11.7. The summed E-state index contributed by atoms with van der Waals surface area (Å²) in [6.07, 6.45) is 18.1. The van der Waals surface area contributed by atoms with E-state index in [4.69, 9.17) is 4.74 Å². The highest BCUT2D eigenvalue weighted by atomic mass is 16.5. The highest BCUT2D eigenvalue weighted by Crippen LogP contribution is 2.13. The van der Waals surface area contributed by atoms with Gasteiger partial charge in [0.15, 0.2) is 0 Å². The molecular weight excluding hydrogens is 302 g/mol. The van der Waals surface area contributed by atoms with Crippen molar-refractivity contribution in [2.75, 3.05) is 6.61 Å². The number of carbonyl (C=O) groups excluding carboxylic acids is 2. The first kappa shape index (κ1) is 21.0. The van der Waals surface area contributed by atoms with Gasteiger partial charge in [-0.1, -0.05) is 84.0 Å². The van der Waals surface area contributed by atoms with Gasteiger partial charge in [0, 0.05) is 12.8 Å². The molecule has 24 heavy (non-hydrogen) atoms. The van der Waals surface area contributed by atoms with Gasteiger partial charge in [0.25, 0.3) is 0 Å². The van der Waals surface area contributed by atoms with Gasteiger partial charge >= 0.3 is 5.97 Å². The minimum atomic E-state index is -0.403. The first-order valence-electron chi connectivity index (χ1n) is 10.2. The Balaban J connectivity index is 1.78. The summed E-state index contributed by atoms with van der Waals surface area (Å²) < 4.78 is 4.83. The monoisotopic (exact) mass is 339 g/mol. The Morgan fingerprint density at radius 1 is 0.917 bits per heavy atom. The van der Waals surface area contributed by atoms with Crippen molar-refractivity contribution < 1.29 is 14.3 Å². The van der Waals surface area contributed by atoms with E-state index >= 15 is 0 Å². The van der Waals surface area contributed by atoms with Gasteiger partial charge in [-0.25, -0.2) is 4.79 Å². The lowest BCUT2D eigenvalue weighted by Gasteiger charge is -2.08.